The van der Waals surface area contributed by atoms with Crippen molar-refractivity contribution in [3.05, 3.63) is 106 Å². The number of nitrogens with zero attached hydrogens (tertiary/aromatic N) is 1. The van der Waals surface area contributed by atoms with Crippen LogP contribution in [0.15, 0.2) is 89.6 Å². The van der Waals surface area contributed by atoms with Crippen molar-refractivity contribution >= 4 is 40.5 Å². The Labute approximate surface area is 261 Å². The number of nitrogens with one attached hydrogen (secondary N) is 2. The summed E-state index contributed by atoms with van der Waals surface area (Å²) in [7, 11) is 0. The lowest BCUT2D eigenvalue weighted by atomic mass is 10.0. The number of allylic oxidation sites excluding steroid dienone is 2. The number of amides is 1. The van der Waals surface area contributed by atoms with Gasteiger partial charge in [0.25, 0.3) is 0 Å². The fourth-order valence-electron chi connectivity index (χ4n) is 4.57. The van der Waals surface area contributed by atoms with Crippen molar-refractivity contribution < 1.29 is 19.5 Å². The number of ether oxygens (including phenoxy) is 2. The molecule has 0 aliphatic heterocycles. The van der Waals surface area contributed by atoms with Gasteiger partial charge in [-0.15, -0.1) is 0 Å². The van der Waals surface area contributed by atoms with Crippen LogP contribution in [0.1, 0.15) is 31.4 Å². The standard InChI is InChI=1S/C33H34Cl2N4O4/c1-20(2)13-29(33(37)40)38-17-24-15-26(34)31(16-30(24)42-18-21-11-12-28(39-41)27(36)14-21)43-19-23-9-6-10-25(32(23)35)22-7-4-3-5-8-22/h3-12,14-16,20,29,36,38,41H,13,17-19H2,1-2H3,(H2,37,40)/b36-27?,39-28-. The van der Waals surface area contributed by atoms with Crippen LogP contribution in [0.3, 0.4) is 0 Å². The van der Waals surface area contributed by atoms with Crippen LogP contribution in [0.2, 0.25) is 10.0 Å². The van der Waals surface area contributed by atoms with Gasteiger partial charge in [-0.3, -0.25) is 10.2 Å². The first-order valence-corrected chi connectivity index (χ1v) is 14.5. The molecule has 224 valence electrons. The van der Waals surface area contributed by atoms with Crippen LogP contribution >= 0.6 is 23.2 Å². The molecule has 0 heterocycles. The number of oxime groups is 1. The first-order chi connectivity index (χ1) is 20.7. The molecule has 1 atom stereocenters. The van der Waals surface area contributed by atoms with Gasteiger partial charge in [-0.1, -0.05) is 96.8 Å². The van der Waals surface area contributed by atoms with E-state index in [0.29, 0.717) is 39.1 Å². The molecule has 5 N–H and O–H groups in total. The second-order valence-electron chi connectivity index (χ2n) is 10.5. The highest BCUT2D eigenvalue weighted by molar-refractivity contribution is 6.50. The summed E-state index contributed by atoms with van der Waals surface area (Å²) in [6.45, 7) is 4.61. The van der Waals surface area contributed by atoms with Gasteiger partial charge in [-0.05, 0) is 41.7 Å². The zero-order chi connectivity index (χ0) is 30.9. The maximum atomic E-state index is 12.0. The summed E-state index contributed by atoms with van der Waals surface area (Å²) in [6.07, 6.45) is 5.40. The van der Waals surface area contributed by atoms with Crippen molar-refractivity contribution in [1.29, 1.82) is 5.41 Å². The maximum Gasteiger partial charge on any atom is 0.234 e. The topological polar surface area (TPSA) is 130 Å². The number of primary amides is 1. The van der Waals surface area contributed by atoms with Crippen molar-refractivity contribution in [1.82, 2.24) is 5.32 Å². The molecule has 0 saturated heterocycles. The van der Waals surface area contributed by atoms with Crippen LogP contribution < -0.4 is 20.5 Å². The highest BCUT2D eigenvalue weighted by Gasteiger charge is 2.19. The smallest absolute Gasteiger partial charge is 0.234 e. The van der Waals surface area contributed by atoms with E-state index < -0.39 is 11.9 Å². The van der Waals surface area contributed by atoms with Gasteiger partial charge in [-0.25, -0.2) is 0 Å². The van der Waals surface area contributed by atoms with Crippen LogP contribution in [0.4, 0.5) is 0 Å². The Balaban J connectivity index is 1.57. The molecule has 0 aromatic heterocycles. The van der Waals surface area contributed by atoms with Crippen LogP contribution in [-0.2, 0) is 17.9 Å². The highest BCUT2D eigenvalue weighted by Crippen LogP contribution is 2.36. The molecule has 0 spiro atoms. The van der Waals surface area contributed by atoms with Gasteiger partial charge in [-0.2, -0.15) is 0 Å². The fourth-order valence-corrected chi connectivity index (χ4v) is 5.10. The van der Waals surface area contributed by atoms with Gasteiger partial charge < -0.3 is 25.7 Å². The van der Waals surface area contributed by atoms with Crippen LogP contribution in [0.5, 0.6) is 11.5 Å². The Morgan fingerprint density at radius 1 is 1.00 bits per heavy atom. The largest absolute Gasteiger partial charge is 0.488 e. The SMILES string of the molecule is CC(C)CC(NCc1cc(Cl)c(OCc2cccc(-c3ccccc3)c2Cl)cc1OCC1=CC(=N)/C(=N\O)C=C1)C(N)=O. The summed E-state index contributed by atoms with van der Waals surface area (Å²) >= 11 is 13.4. The van der Waals surface area contributed by atoms with Gasteiger partial charge in [0.2, 0.25) is 5.91 Å². The Morgan fingerprint density at radius 3 is 2.42 bits per heavy atom. The molecular formula is C33H34Cl2N4O4. The molecule has 10 heteroatoms. The predicted molar refractivity (Wildman–Crippen MR) is 172 cm³/mol. The normalized spacial score (nSPS) is 14.6. The number of benzene rings is 3. The first-order valence-electron chi connectivity index (χ1n) is 13.8. The molecule has 43 heavy (non-hydrogen) atoms. The van der Waals surface area contributed by atoms with E-state index in [1.165, 1.54) is 6.08 Å². The van der Waals surface area contributed by atoms with Gasteiger partial charge in [0.1, 0.15) is 30.4 Å². The highest BCUT2D eigenvalue weighted by atomic mass is 35.5. The molecule has 0 radical (unpaired) electrons. The quantitative estimate of drug-likeness (QED) is 0.0932. The molecular weight excluding hydrogens is 587 g/mol. The van der Waals surface area contributed by atoms with Crippen molar-refractivity contribution in [2.45, 2.75) is 39.5 Å². The number of nitrogens with two attached hydrogens (primary N) is 1. The summed E-state index contributed by atoms with van der Waals surface area (Å²) in [5.41, 5.74) is 9.96. The summed E-state index contributed by atoms with van der Waals surface area (Å²) in [5.74, 6) is 0.700. The molecule has 4 rings (SSSR count). The minimum atomic E-state index is -0.526. The summed E-state index contributed by atoms with van der Waals surface area (Å²) in [4.78, 5) is 12.0. The molecule has 3 aromatic carbocycles. The molecule has 8 nitrogen and oxygen atoms in total. The summed E-state index contributed by atoms with van der Waals surface area (Å²) in [6, 6.07) is 18.6. The van der Waals surface area contributed by atoms with Crippen molar-refractivity contribution in [3.8, 4) is 22.6 Å². The second-order valence-corrected chi connectivity index (χ2v) is 11.3. The second kappa shape index (κ2) is 14.9. The maximum absolute atomic E-state index is 12.0. The van der Waals surface area contributed by atoms with Gasteiger partial charge in [0, 0.05) is 29.3 Å². The van der Waals surface area contributed by atoms with E-state index in [0.717, 1.165) is 16.7 Å². The van der Waals surface area contributed by atoms with Gasteiger partial charge in [0.15, 0.2) is 0 Å². The summed E-state index contributed by atoms with van der Waals surface area (Å²) < 4.78 is 12.3. The first kappa shape index (κ1) is 31.8. The minimum absolute atomic E-state index is 0.0678. The number of hydrogen-bond acceptors (Lipinski definition) is 7. The molecule has 0 saturated carbocycles. The monoisotopic (exact) mass is 620 g/mol. The van der Waals surface area contributed by atoms with E-state index in [9.17, 15) is 4.79 Å². The Bertz CT molecular complexity index is 1570. The molecule has 3 aromatic rings. The lowest BCUT2D eigenvalue weighted by Gasteiger charge is -2.20. The molecule has 1 aliphatic rings. The number of hydrogen-bond donors (Lipinski definition) is 4. The number of carbonyl (C=O) groups is 1. The van der Waals surface area contributed by atoms with Gasteiger partial charge in [0.05, 0.1) is 21.8 Å². The van der Waals surface area contributed by atoms with E-state index >= 15 is 0 Å². The van der Waals surface area contributed by atoms with E-state index in [4.69, 9.17) is 49.0 Å². The molecule has 1 unspecified atom stereocenters. The predicted octanol–water partition coefficient (Wildman–Crippen LogP) is 6.95. The number of rotatable bonds is 13. The average molecular weight is 622 g/mol. The molecule has 1 amide bonds. The lowest BCUT2D eigenvalue weighted by Crippen LogP contribution is -2.41. The number of halogens is 2. The lowest BCUT2D eigenvalue weighted by molar-refractivity contribution is -0.120. The summed E-state index contributed by atoms with van der Waals surface area (Å²) in [5, 5.41) is 24.3. The molecule has 1 aliphatic carbocycles. The third kappa shape index (κ3) is 8.47. The Morgan fingerprint density at radius 2 is 1.74 bits per heavy atom. The molecule has 0 fully saturated rings. The zero-order valence-electron chi connectivity index (χ0n) is 23.9. The average Bonchev–Trinajstić information content (AvgIpc) is 2.99. The van der Waals surface area contributed by atoms with Crippen LogP contribution in [0.25, 0.3) is 11.1 Å². The van der Waals surface area contributed by atoms with E-state index in [-0.39, 0.29) is 37.1 Å². The minimum Gasteiger partial charge on any atom is -0.488 e. The van der Waals surface area contributed by atoms with Crippen molar-refractivity contribution in [2.75, 3.05) is 6.61 Å². The fraction of sp³-hybridized carbons (Fsp3) is 0.242. The van der Waals surface area contributed by atoms with Crippen LogP contribution in [0, 0.1) is 11.3 Å². The zero-order valence-corrected chi connectivity index (χ0v) is 25.5. The Kier molecular flexibility index (Phi) is 11.0. The molecule has 0 bridgehead atoms. The van der Waals surface area contributed by atoms with Crippen molar-refractivity contribution in [2.24, 2.45) is 16.8 Å². The van der Waals surface area contributed by atoms with Crippen molar-refractivity contribution in [3.63, 3.8) is 0 Å². The van der Waals surface area contributed by atoms with E-state index in [1.807, 2.05) is 62.4 Å². The van der Waals surface area contributed by atoms with Crippen LogP contribution in [-0.4, -0.2) is 35.2 Å². The van der Waals surface area contributed by atoms with E-state index in [1.54, 1.807) is 24.3 Å². The Hall–Kier alpha value is -4.11. The number of carbonyl (C=O) groups excluding carboxylic acids is 1. The third-order valence-electron chi connectivity index (χ3n) is 6.81. The third-order valence-corrected chi connectivity index (χ3v) is 7.56. The van der Waals surface area contributed by atoms with Gasteiger partial charge >= 0.3 is 0 Å². The van der Waals surface area contributed by atoms with E-state index in [2.05, 4.69) is 10.5 Å².